The molecule has 14 heavy (non-hydrogen) atoms. The van der Waals surface area contributed by atoms with Gasteiger partial charge in [0.1, 0.15) is 0 Å². The van der Waals surface area contributed by atoms with Crippen LogP contribution in [0.25, 0.3) is 0 Å². The molecule has 0 N–H and O–H groups in total. The van der Waals surface area contributed by atoms with E-state index in [9.17, 15) is 0 Å². The average Bonchev–Trinajstić information content (AvgIpc) is 2.04. The van der Waals surface area contributed by atoms with Gasteiger partial charge in [-0.05, 0) is 0 Å². The Morgan fingerprint density at radius 1 is 0.714 bits per heavy atom. The molecule has 0 amide bonds. The van der Waals surface area contributed by atoms with Gasteiger partial charge in [-0.1, -0.05) is 0 Å². The summed E-state index contributed by atoms with van der Waals surface area (Å²) in [6.45, 7) is 4.45. The molecule has 88 valence electrons. The standard InChI is InChI=1S/C10H25PS3/c1-3-5-7-9-11(12,13,14)10-8-6-4-2/h12-14H,3-10H2,1-2H3. The second kappa shape index (κ2) is 6.93. The summed E-state index contributed by atoms with van der Waals surface area (Å²) in [4.78, 5) is 0. The van der Waals surface area contributed by atoms with E-state index < -0.39 is 4.21 Å². The van der Waals surface area contributed by atoms with Crippen LogP contribution in [0.5, 0.6) is 0 Å². The molecule has 0 radical (unpaired) electrons. The van der Waals surface area contributed by atoms with Gasteiger partial charge in [-0.3, -0.25) is 0 Å². The van der Waals surface area contributed by atoms with Crippen molar-refractivity contribution in [2.75, 3.05) is 12.3 Å². The van der Waals surface area contributed by atoms with Crippen molar-refractivity contribution < 1.29 is 0 Å². The Bertz CT molecular complexity index is 137. The molecule has 0 atom stereocenters. The van der Waals surface area contributed by atoms with Gasteiger partial charge in [0.2, 0.25) is 0 Å². The Balaban J connectivity index is 3.82. The molecule has 0 saturated carbocycles. The molecule has 0 aromatic heterocycles. The first-order chi connectivity index (χ1) is 6.39. The Hall–Kier alpha value is 1.48. The van der Waals surface area contributed by atoms with Gasteiger partial charge in [-0.25, -0.2) is 0 Å². The second-order valence-electron chi connectivity index (χ2n) is 4.20. The first-order valence-corrected chi connectivity index (χ1v) is 11.7. The molecule has 0 unspecified atom stereocenters. The van der Waals surface area contributed by atoms with Gasteiger partial charge < -0.3 is 0 Å². The van der Waals surface area contributed by atoms with E-state index in [4.69, 9.17) is 36.7 Å². The van der Waals surface area contributed by atoms with Crippen LogP contribution in [-0.2, 0) is 0 Å². The van der Waals surface area contributed by atoms with Crippen LogP contribution in [0.1, 0.15) is 52.4 Å². The van der Waals surface area contributed by atoms with Crippen LogP contribution in [0, 0.1) is 0 Å². The van der Waals surface area contributed by atoms with Crippen molar-refractivity contribution in [2.24, 2.45) is 0 Å². The van der Waals surface area contributed by atoms with Gasteiger partial charge in [0, 0.05) is 0 Å². The third-order valence-electron chi connectivity index (χ3n) is 2.44. The Kier molecular flexibility index (Phi) is 7.67. The van der Waals surface area contributed by atoms with Gasteiger partial charge in [0.25, 0.3) is 0 Å². The molecule has 0 aliphatic rings. The van der Waals surface area contributed by atoms with E-state index in [1.54, 1.807) is 0 Å². The zero-order chi connectivity index (χ0) is 11.1. The minimum atomic E-state index is -2.16. The fourth-order valence-electron chi connectivity index (χ4n) is 1.48. The summed E-state index contributed by atoms with van der Waals surface area (Å²) in [5.41, 5.74) is 0. The predicted octanol–water partition coefficient (Wildman–Crippen LogP) is 5.45. The molecule has 4 heteroatoms. The van der Waals surface area contributed by atoms with Crippen LogP contribution in [0.2, 0.25) is 0 Å². The van der Waals surface area contributed by atoms with Crippen molar-refractivity contribution in [1.29, 1.82) is 0 Å². The second-order valence-corrected chi connectivity index (χ2v) is 19.3. The molecule has 0 aromatic carbocycles. The summed E-state index contributed by atoms with van der Waals surface area (Å²) >= 11 is 14.2. The normalized spacial score (nSPS) is 15.1. The van der Waals surface area contributed by atoms with Gasteiger partial charge in [0.05, 0.1) is 0 Å². The fraction of sp³-hybridized carbons (Fsp3) is 1.00. The average molecular weight is 272 g/mol. The van der Waals surface area contributed by atoms with Crippen molar-refractivity contribution in [2.45, 2.75) is 52.4 Å². The van der Waals surface area contributed by atoms with E-state index >= 15 is 0 Å². The predicted molar refractivity (Wildman–Crippen MR) is 82.7 cm³/mol. The van der Waals surface area contributed by atoms with Crippen LogP contribution in [-0.4, -0.2) is 12.3 Å². The summed E-state index contributed by atoms with van der Waals surface area (Å²) < 4.78 is -2.16. The summed E-state index contributed by atoms with van der Waals surface area (Å²) in [5, 5.41) is 0. The topological polar surface area (TPSA) is 0 Å². The fourth-order valence-corrected chi connectivity index (χ4v) is 6.00. The van der Waals surface area contributed by atoms with E-state index in [0.29, 0.717) is 0 Å². The van der Waals surface area contributed by atoms with E-state index in [-0.39, 0.29) is 0 Å². The third-order valence-corrected chi connectivity index (χ3v) is 8.50. The van der Waals surface area contributed by atoms with Crippen molar-refractivity contribution in [3.05, 3.63) is 0 Å². The van der Waals surface area contributed by atoms with E-state index in [1.165, 1.54) is 38.5 Å². The van der Waals surface area contributed by atoms with Crippen LogP contribution in [0.3, 0.4) is 0 Å². The number of unbranched alkanes of at least 4 members (excludes halogenated alkanes) is 4. The monoisotopic (exact) mass is 272 g/mol. The van der Waals surface area contributed by atoms with Crippen molar-refractivity contribution in [3.8, 4) is 0 Å². The number of hydrogen-bond acceptors (Lipinski definition) is 3. The molecule has 0 aliphatic carbocycles. The van der Waals surface area contributed by atoms with E-state index in [1.807, 2.05) is 0 Å². The zero-order valence-electron chi connectivity index (χ0n) is 9.45. The number of thiol groups is 3. The van der Waals surface area contributed by atoms with Gasteiger partial charge >= 0.3 is 106 Å². The minimum absolute atomic E-state index is 1.11. The van der Waals surface area contributed by atoms with Crippen molar-refractivity contribution in [3.63, 3.8) is 0 Å². The Labute approximate surface area is 105 Å². The number of hydrogen-bond donors (Lipinski definition) is 3. The zero-order valence-corrected chi connectivity index (χ0v) is 13.0. The van der Waals surface area contributed by atoms with Crippen LogP contribution < -0.4 is 0 Å². The summed E-state index contributed by atoms with van der Waals surface area (Å²) in [7, 11) is 0. The molecule has 0 rings (SSSR count). The molecular formula is C10H25PS3. The van der Waals surface area contributed by atoms with Crippen LogP contribution >= 0.6 is 41.0 Å². The molecule has 0 spiro atoms. The Morgan fingerprint density at radius 2 is 1.07 bits per heavy atom. The Morgan fingerprint density at radius 3 is 1.36 bits per heavy atom. The summed E-state index contributed by atoms with van der Waals surface area (Å²) in [6.07, 6.45) is 9.78. The van der Waals surface area contributed by atoms with E-state index in [2.05, 4.69) is 13.8 Å². The van der Waals surface area contributed by atoms with Crippen molar-refractivity contribution >= 4 is 41.0 Å². The first-order valence-electron chi connectivity index (χ1n) is 5.65. The summed E-state index contributed by atoms with van der Waals surface area (Å²) in [5.74, 6) is 0. The molecule has 0 aliphatic heterocycles. The first kappa shape index (κ1) is 15.5. The molecule has 0 heterocycles. The molecule has 0 bridgehead atoms. The molecule has 0 nitrogen and oxygen atoms in total. The van der Waals surface area contributed by atoms with Crippen LogP contribution in [0.4, 0.5) is 0 Å². The molecule has 0 aromatic rings. The third kappa shape index (κ3) is 8.76. The van der Waals surface area contributed by atoms with E-state index in [0.717, 1.165) is 12.3 Å². The number of rotatable bonds is 8. The molecular weight excluding hydrogens is 247 g/mol. The SMILES string of the molecule is CCCCCP(S)(S)(S)CCCCC. The van der Waals surface area contributed by atoms with Gasteiger partial charge in [-0.15, -0.1) is 0 Å². The van der Waals surface area contributed by atoms with Crippen LogP contribution in [0.15, 0.2) is 0 Å². The molecule has 0 fully saturated rings. The summed E-state index contributed by atoms with van der Waals surface area (Å²) in [6, 6.07) is 0. The van der Waals surface area contributed by atoms with Gasteiger partial charge in [0.15, 0.2) is 0 Å². The van der Waals surface area contributed by atoms with Gasteiger partial charge in [-0.2, -0.15) is 0 Å². The molecule has 0 saturated heterocycles. The maximum absolute atomic E-state index is 4.75. The maximum atomic E-state index is 4.75. The van der Waals surface area contributed by atoms with Crippen molar-refractivity contribution in [1.82, 2.24) is 0 Å². The quantitative estimate of drug-likeness (QED) is 0.292.